The number of hydrogen-bond acceptors (Lipinski definition) is 4. The Morgan fingerprint density at radius 2 is 1.88 bits per heavy atom. The number of hydrogen-bond donors (Lipinski definition) is 1. The molecule has 2 rings (SSSR count). The van der Waals surface area contributed by atoms with Gasteiger partial charge in [-0.15, -0.1) is 11.8 Å². The van der Waals surface area contributed by atoms with E-state index in [1.54, 1.807) is 0 Å². The average Bonchev–Trinajstić information content (AvgIpc) is 2.33. The maximum absolute atomic E-state index is 5.64. The molecule has 1 fully saturated rings. The molecular weight excluding hydrogens is 220 g/mol. The molecule has 0 aliphatic carbocycles. The molecule has 0 amide bonds. The van der Waals surface area contributed by atoms with Crippen molar-refractivity contribution >= 4 is 17.4 Å². The molecule has 1 aliphatic heterocycles. The molecule has 4 heteroatoms. The van der Waals surface area contributed by atoms with Crippen LogP contribution in [0.2, 0.25) is 0 Å². The van der Waals surface area contributed by atoms with Crippen LogP contribution in [0.3, 0.4) is 0 Å². The van der Waals surface area contributed by atoms with Crippen molar-refractivity contribution < 1.29 is 4.74 Å². The summed E-state index contributed by atoms with van der Waals surface area (Å²) < 4.78 is 5.32. The minimum Gasteiger partial charge on any atom is -0.399 e. The van der Waals surface area contributed by atoms with Crippen molar-refractivity contribution in [3.05, 3.63) is 24.3 Å². The van der Waals surface area contributed by atoms with E-state index in [1.807, 2.05) is 23.9 Å². The molecule has 0 saturated carbocycles. The van der Waals surface area contributed by atoms with E-state index in [4.69, 9.17) is 10.5 Å². The molecule has 0 spiro atoms. The second-order valence-electron chi connectivity index (χ2n) is 3.87. The summed E-state index contributed by atoms with van der Waals surface area (Å²) in [5.41, 5.74) is 6.47. The number of morpholine rings is 1. The minimum absolute atomic E-state index is 0.831. The number of ether oxygens (including phenoxy) is 1. The molecule has 3 nitrogen and oxygen atoms in total. The number of nitrogen functional groups attached to an aromatic ring is 1. The lowest BCUT2D eigenvalue weighted by atomic mass is 10.3. The second kappa shape index (κ2) is 6.13. The van der Waals surface area contributed by atoms with Crippen LogP contribution in [0.1, 0.15) is 0 Å². The molecule has 88 valence electrons. The molecule has 0 radical (unpaired) electrons. The predicted molar refractivity (Wildman–Crippen MR) is 68.8 cm³/mol. The van der Waals surface area contributed by atoms with Gasteiger partial charge < -0.3 is 10.5 Å². The van der Waals surface area contributed by atoms with Crippen molar-refractivity contribution in [3.63, 3.8) is 0 Å². The number of benzene rings is 1. The zero-order valence-corrected chi connectivity index (χ0v) is 10.2. The van der Waals surface area contributed by atoms with E-state index in [9.17, 15) is 0 Å². The van der Waals surface area contributed by atoms with Gasteiger partial charge in [-0.05, 0) is 24.3 Å². The fraction of sp³-hybridized carbons (Fsp3) is 0.500. The summed E-state index contributed by atoms with van der Waals surface area (Å²) in [5, 5.41) is 0. The van der Waals surface area contributed by atoms with Crippen molar-refractivity contribution in [3.8, 4) is 0 Å². The van der Waals surface area contributed by atoms with E-state index in [2.05, 4.69) is 17.0 Å². The molecule has 1 aromatic rings. The zero-order chi connectivity index (χ0) is 11.2. The summed E-state index contributed by atoms with van der Waals surface area (Å²) in [4.78, 5) is 3.75. The molecule has 2 N–H and O–H groups in total. The van der Waals surface area contributed by atoms with Crippen LogP contribution < -0.4 is 5.73 Å². The van der Waals surface area contributed by atoms with E-state index in [0.29, 0.717) is 0 Å². The highest BCUT2D eigenvalue weighted by atomic mass is 32.2. The Kier molecular flexibility index (Phi) is 4.51. The molecule has 1 aliphatic rings. The highest BCUT2D eigenvalue weighted by Gasteiger charge is 2.09. The Labute approximate surface area is 101 Å². The average molecular weight is 238 g/mol. The zero-order valence-electron chi connectivity index (χ0n) is 9.39. The SMILES string of the molecule is Nc1ccc(SCCN2CCOCC2)cc1. The van der Waals surface area contributed by atoms with Crippen molar-refractivity contribution in [2.45, 2.75) is 4.90 Å². The van der Waals surface area contributed by atoms with Gasteiger partial charge in [-0.25, -0.2) is 0 Å². The van der Waals surface area contributed by atoms with Crippen LogP contribution in [0.5, 0.6) is 0 Å². The third-order valence-electron chi connectivity index (χ3n) is 2.66. The lowest BCUT2D eigenvalue weighted by Crippen LogP contribution is -2.37. The molecule has 0 unspecified atom stereocenters. The Balaban J connectivity index is 1.69. The van der Waals surface area contributed by atoms with Gasteiger partial charge in [-0.2, -0.15) is 0 Å². The van der Waals surface area contributed by atoms with E-state index >= 15 is 0 Å². The minimum atomic E-state index is 0.831. The van der Waals surface area contributed by atoms with E-state index in [-0.39, 0.29) is 0 Å². The first-order chi connectivity index (χ1) is 7.84. The highest BCUT2D eigenvalue weighted by molar-refractivity contribution is 7.99. The second-order valence-corrected chi connectivity index (χ2v) is 5.04. The van der Waals surface area contributed by atoms with E-state index in [1.165, 1.54) is 4.90 Å². The van der Waals surface area contributed by atoms with E-state index in [0.717, 1.165) is 44.3 Å². The van der Waals surface area contributed by atoms with Crippen LogP contribution in [-0.4, -0.2) is 43.5 Å². The van der Waals surface area contributed by atoms with Gasteiger partial charge in [0.15, 0.2) is 0 Å². The van der Waals surface area contributed by atoms with Gasteiger partial charge in [0.05, 0.1) is 13.2 Å². The van der Waals surface area contributed by atoms with Crippen molar-refractivity contribution in [2.24, 2.45) is 0 Å². The lowest BCUT2D eigenvalue weighted by molar-refractivity contribution is 0.0410. The number of nitrogens with zero attached hydrogens (tertiary/aromatic N) is 1. The van der Waals surface area contributed by atoms with Crippen molar-refractivity contribution in [1.82, 2.24) is 4.90 Å². The summed E-state index contributed by atoms with van der Waals surface area (Å²) in [6.45, 7) is 5.04. The largest absolute Gasteiger partial charge is 0.399 e. The summed E-state index contributed by atoms with van der Waals surface area (Å²) in [7, 11) is 0. The van der Waals surface area contributed by atoms with Crippen LogP contribution >= 0.6 is 11.8 Å². The Morgan fingerprint density at radius 3 is 2.56 bits per heavy atom. The van der Waals surface area contributed by atoms with E-state index < -0.39 is 0 Å². The van der Waals surface area contributed by atoms with Crippen LogP contribution in [0.25, 0.3) is 0 Å². The topological polar surface area (TPSA) is 38.5 Å². The standard InChI is InChI=1S/C12H18N2OS/c13-11-1-3-12(4-2-11)16-10-7-14-5-8-15-9-6-14/h1-4H,5-10,13H2. The highest BCUT2D eigenvalue weighted by Crippen LogP contribution is 2.19. The first kappa shape index (κ1) is 11.8. The lowest BCUT2D eigenvalue weighted by Gasteiger charge is -2.26. The summed E-state index contributed by atoms with van der Waals surface area (Å²) in [5.74, 6) is 1.13. The first-order valence-corrected chi connectivity index (χ1v) is 6.61. The normalized spacial score (nSPS) is 17.5. The molecular formula is C12H18N2OS. The summed E-state index contributed by atoms with van der Waals surface area (Å²) in [6, 6.07) is 8.08. The fourth-order valence-corrected chi connectivity index (χ4v) is 2.60. The number of rotatable bonds is 4. The third-order valence-corrected chi connectivity index (χ3v) is 3.65. The van der Waals surface area contributed by atoms with Gasteiger partial charge in [0, 0.05) is 36.0 Å². The number of nitrogens with two attached hydrogens (primary N) is 1. The van der Waals surface area contributed by atoms with Crippen LogP contribution in [-0.2, 0) is 4.74 Å². The molecule has 0 atom stereocenters. The Bertz CT molecular complexity index is 309. The predicted octanol–water partition coefficient (Wildman–Crippen LogP) is 1.69. The molecule has 1 aromatic carbocycles. The van der Waals surface area contributed by atoms with Gasteiger partial charge in [0.1, 0.15) is 0 Å². The molecule has 0 aromatic heterocycles. The molecule has 16 heavy (non-hydrogen) atoms. The number of anilines is 1. The summed E-state index contributed by atoms with van der Waals surface area (Å²) in [6.07, 6.45) is 0. The summed E-state index contributed by atoms with van der Waals surface area (Å²) >= 11 is 1.88. The Morgan fingerprint density at radius 1 is 1.19 bits per heavy atom. The Hall–Kier alpha value is -0.710. The maximum Gasteiger partial charge on any atom is 0.0594 e. The maximum atomic E-state index is 5.64. The van der Waals surface area contributed by atoms with Gasteiger partial charge in [-0.3, -0.25) is 4.90 Å². The van der Waals surface area contributed by atoms with Gasteiger partial charge >= 0.3 is 0 Å². The molecule has 1 heterocycles. The quantitative estimate of drug-likeness (QED) is 0.640. The molecule has 0 bridgehead atoms. The van der Waals surface area contributed by atoms with Gasteiger partial charge in [0.25, 0.3) is 0 Å². The molecule has 1 saturated heterocycles. The van der Waals surface area contributed by atoms with Crippen LogP contribution in [0.4, 0.5) is 5.69 Å². The smallest absolute Gasteiger partial charge is 0.0594 e. The van der Waals surface area contributed by atoms with Crippen molar-refractivity contribution in [1.29, 1.82) is 0 Å². The van der Waals surface area contributed by atoms with Crippen molar-refractivity contribution in [2.75, 3.05) is 44.3 Å². The fourth-order valence-electron chi connectivity index (χ4n) is 1.68. The van der Waals surface area contributed by atoms with Gasteiger partial charge in [-0.1, -0.05) is 0 Å². The van der Waals surface area contributed by atoms with Gasteiger partial charge in [0.2, 0.25) is 0 Å². The van der Waals surface area contributed by atoms with Crippen LogP contribution in [0, 0.1) is 0 Å². The third kappa shape index (κ3) is 3.70. The van der Waals surface area contributed by atoms with Crippen LogP contribution in [0.15, 0.2) is 29.2 Å². The monoisotopic (exact) mass is 238 g/mol. The first-order valence-electron chi connectivity index (χ1n) is 5.63. The number of thioether (sulfide) groups is 1.